The molecule has 2 N–H and O–H groups in total. The molecule has 1 aromatic rings. The third-order valence-electron chi connectivity index (χ3n) is 2.34. The zero-order chi connectivity index (χ0) is 10.3. The van der Waals surface area contributed by atoms with Crippen LogP contribution >= 0.6 is 0 Å². The first-order valence-electron chi connectivity index (χ1n) is 4.54. The maximum Gasteiger partial charge on any atom is 0.235 e. The van der Waals surface area contributed by atoms with Crippen molar-refractivity contribution in [3.63, 3.8) is 0 Å². The van der Waals surface area contributed by atoms with Crippen molar-refractivity contribution in [3.05, 3.63) is 11.4 Å². The van der Waals surface area contributed by atoms with Gasteiger partial charge in [-0.15, -0.1) is 0 Å². The summed E-state index contributed by atoms with van der Waals surface area (Å²) in [6, 6.07) is 0. The van der Waals surface area contributed by atoms with Crippen LogP contribution in [0.1, 0.15) is 24.2 Å². The number of H-pyrrole nitrogens is 1. The molecule has 0 atom stereocenters. The highest BCUT2D eigenvalue weighted by Gasteiger charge is 2.36. The number of rotatable bonds is 3. The van der Waals surface area contributed by atoms with Crippen molar-refractivity contribution in [2.45, 2.75) is 31.9 Å². The van der Waals surface area contributed by atoms with Gasteiger partial charge in [0.25, 0.3) is 0 Å². The van der Waals surface area contributed by atoms with E-state index in [0.29, 0.717) is 11.4 Å². The molecule has 1 heterocycles. The molecule has 1 aromatic heterocycles. The molecule has 1 aliphatic rings. The number of aryl methyl sites for hydroxylation is 2. The molecule has 0 aliphatic heterocycles. The molecule has 0 saturated heterocycles. The standard InChI is InChI=1S/C8H13N3O2S/c1-5-8(6(2)10-9-5)11-14(12,13)7-3-4-7/h7,11H,3-4H2,1-2H3,(H,9,10). The fraction of sp³-hybridized carbons (Fsp3) is 0.625. The van der Waals surface area contributed by atoms with Gasteiger partial charge in [-0.25, -0.2) is 8.42 Å². The number of nitrogens with zero attached hydrogens (tertiary/aromatic N) is 1. The van der Waals surface area contributed by atoms with Crippen LogP contribution in [0.15, 0.2) is 0 Å². The second-order valence-electron chi connectivity index (χ2n) is 3.66. The quantitative estimate of drug-likeness (QED) is 0.787. The summed E-state index contributed by atoms with van der Waals surface area (Å²) in [5.41, 5.74) is 2.04. The lowest BCUT2D eigenvalue weighted by Gasteiger charge is -2.06. The molecule has 0 spiro atoms. The van der Waals surface area contributed by atoms with E-state index in [0.717, 1.165) is 18.5 Å². The average Bonchev–Trinajstić information content (AvgIpc) is 2.89. The Bertz CT molecular complexity index is 426. The van der Waals surface area contributed by atoms with Crippen molar-refractivity contribution in [2.24, 2.45) is 0 Å². The van der Waals surface area contributed by atoms with Crippen LogP contribution in [0.5, 0.6) is 0 Å². The van der Waals surface area contributed by atoms with E-state index in [9.17, 15) is 8.42 Å². The molecule has 78 valence electrons. The van der Waals surface area contributed by atoms with Gasteiger partial charge in [-0.1, -0.05) is 0 Å². The highest BCUT2D eigenvalue weighted by atomic mass is 32.2. The van der Waals surface area contributed by atoms with Gasteiger partial charge >= 0.3 is 0 Å². The van der Waals surface area contributed by atoms with Gasteiger partial charge in [0.05, 0.1) is 22.3 Å². The Kier molecular flexibility index (Phi) is 2.02. The number of sulfonamides is 1. The zero-order valence-corrected chi connectivity index (χ0v) is 8.98. The molecule has 1 aliphatic carbocycles. The number of hydrogen-bond donors (Lipinski definition) is 2. The largest absolute Gasteiger partial charge is 0.280 e. The number of anilines is 1. The third kappa shape index (κ3) is 1.61. The zero-order valence-electron chi connectivity index (χ0n) is 8.16. The molecule has 2 rings (SSSR count). The molecule has 6 heteroatoms. The van der Waals surface area contributed by atoms with E-state index in [1.165, 1.54) is 0 Å². The predicted octanol–water partition coefficient (Wildman–Crippen LogP) is 0.931. The van der Waals surface area contributed by atoms with Crippen LogP contribution in [0.2, 0.25) is 0 Å². The van der Waals surface area contributed by atoms with Crippen molar-refractivity contribution in [2.75, 3.05) is 4.72 Å². The van der Waals surface area contributed by atoms with Gasteiger partial charge in [0.1, 0.15) is 0 Å². The van der Waals surface area contributed by atoms with Gasteiger partial charge in [0.2, 0.25) is 10.0 Å². The van der Waals surface area contributed by atoms with E-state index in [-0.39, 0.29) is 5.25 Å². The first-order valence-corrected chi connectivity index (χ1v) is 6.08. The Balaban J connectivity index is 2.26. The number of nitrogens with one attached hydrogen (secondary N) is 2. The monoisotopic (exact) mass is 215 g/mol. The fourth-order valence-corrected chi connectivity index (χ4v) is 2.81. The summed E-state index contributed by atoms with van der Waals surface area (Å²) in [5, 5.41) is 6.47. The molecule has 0 amide bonds. The molecule has 5 nitrogen and oxygen atoms in total. The Morgan fingerprint density at radius 3 is 2.50 bits per heavy atom. The maximum absolute atomic E-state index is 11.6. The van der Waals surface area contributed by atoms with E-state index in [4.69, 9.17) is 0 Å². The third-order valence-corrected chi connectivity index (χ3v) is 4.17. The van der Waals surface area contributed by atoms with Crippen molar-refractivity contribution < 1.29 is 8.42 Å². The Labute approximate surface area is 83.0 Å². The van der Waals surface area contributed by atoms with Crippen LogP contribution < -0.4 is 4.72 Å². The predicted molar refractivity (Wildman–Crippen MR) is 53.6 cm³/mol. The van der Waals surface area contributed by atoms with Crippen LogP contribution in [0.4, 0.5) is 5.69 Å². The Morgan fingerprint density at radius 2 is 2.07 bits per heavy atom. The topological polar surface area (TPSA) is 74.8 Å². The minimum atomic E-state index is -3.17. The molecule has 1 fully saturated rings. The van der Waals surface area contributed by atoms with Crippen LogP contribution in [-0.4, -0.2) is 23.9 Å². The average molecular weight is 215 g/mol. The first kappa shape index (κ1) is 9.51. The maximum atomic E-state index is 11.6. The fourth-order valence-electron chi connectivity index (χ4n) is 1.31. The molecule has 14 heavy (non-hydrogen) atoms. The molecule has 0 aromatic carbocycles. The lowest BCUT2D eigenvalue weighted by molar-refractivity contribution is 0.600. The van der Waals surface area contributed by atoms with Gasteiger partial charge in [0, 0.05) is 0 Å². The van der Waals surface area contributed by atoms with E-state index >= 15 is 0 Å². The van der Waals surface area contributed by atoms with Crippen molar-refractivity contribution in [3.8, 4) is 0 Å². The van der Waals surface area contributed by atoms with Gasteiger partial charge in [-0.3, -0.25) is 9.82 Å². The second kappa shape index (κ2) is 2.98. The summed E-state index contributed by atoms with van der Waals surface area (Å²) in [5.74, 6) is 0. The van der Waals surface area contributed by atoms with Crippen LogP contribution in [-0.2, 0) is 10.0 Å². The molecule has 0 unspecified atom stereocenters. The van der Waals surface area contributed by atoms with E-state index in [2.05, 4.69) is 14.9 Å². The molecular weight excluding hydrogens is 202 g/mol. The van der Waals surface area contributed by atoms with Gasteiger partial charge in [0.15, 0.2) is 0 Å². The van der Waals surface area contributed by atoms with Crippen LogP contribution in [0, 0.1) is 13.8 Å². The highest BCUT2D eigenvalue weighted by Crippen LogP contribution is 2.30. The highest BCUT2D eigenvalue weighted by molar-refractivity contribution is 7.93. The van der Waals surface area contributed by atoms with Crippen molar-refractivity contribution >= 4 is 15.7 Å². The van der Waals surface area contributed by atoms with E-state index in [1.54, 1.807) is 13.8 Å². The van der Waals surface area contributed by atoms with Gasteiger partial charge < -0.3 is 0 Å². The summed E-state index contributed by atoms with van der Waals surface area (Å²) in [4.78, 5) is 0. The number of hydrogen-bond acceptors (Lipinski definition) is 3. The first-order chi connectivity index (χ1) is 6.50. The number of aromatic nitrogens is 2. The van der Waals surface area contributed by atoms with Crippen molar-refractivity contribution in [1.82, 2.24) is 10.2 Å². The van der Waals surface area contributed by atoms with E-state index in [1.807, 2.05) is 0 Å². The van der Waals surface area contributed by atoms with Crippen LogP contribution in [0.25, 0.3) is 0 Å². The Hall–Kier alpha value is -1.04. The van der Waals surface area contributed by atoms with Crippen molar-refractivity contribution in [1.29, 1.82) is 0 Å². The Morgan fingerprint density at radius 1 is 1.43 bits per heavy atom. The minimum absolute atomic E-state index is 0.198. The lowest BCUT2D eigenvalue weighted by atomic mass is 10.3. The van der Waals surface area contributed by atoms with Gasteiger partial charge in [-0.2, -0.15) is 5.10 Å². The minimum Gasteiger partial charge on any atom is -0.280 e. The second-order valence-corrected chi connectivity index (χ2v) is 5.62. The molecular formula is C8H13N3O2S. The summed E-state index contributed by atoms with van der Waals surface area (Å²) < 4.78 is 25.8. The smallest absolute Gasteiger partial charge is 0.235 e. The molecule has 0 radical (unpaired) electrons. The SMILES string of the molecule is Cc1n[nH]c(C)c1NS(=O)(=O)C1CC1. The molecule has 1 saturated carbocycles. The summed E-state index contributed by atoms with van der Waals surface area (Å²) in [6.07, 6.45) is 1.54. The summed E-state index contributed by atoms with van der Waals surface area (Å²) in [7, 11) is -3.17. The lowest BCUT2D eigenvalue weighted by Crippen LogP contribution is -2.18. The number of aromatic amines is 1. The normalized spacial score (nSPS) is 17.0. The van der Waals surface area contributed by atoms with Crippen LogP contribution in [0.3, 0.4) is 0 Å². The molecule has 0 bridgehead atoms. The van der Waals surface area contributed by atoms with Gasteiger partial charge in [-0.05, 0) is 26.7 Å². The van der Waals surface area contributed by atoms with E-state index < -0.39 is 10.0 Å². The summed E-state index contributed by atoms with van der Waals surface area (Å²) >= 11 is 0. The summed E-state index contributed by atoms with van der Waals surface area (Å²) in [6.45, 7) is 3.57.